The molecule has 2 rings (SSSR count). The Morgan fingerprint density at radius 1 is 1.00 bits per heavy atom. The number of aryl methyl sites for hydroxylation is 1. The minimum Gasteiger partial charge on any atom is -0.493 e. The zero-order valence-electron chi connectivity index (χ0n) is 12.8. The molecule has 3 nitrogen and oxygen atoms in total. The SMILES string of the molecule is COc1cc(C=O)ccc1Oc1cc(C)ccc1C(C)C. The molecule has 3 heteroatoms. The third kappa shape index (κ3) is 3.43. The molecule has 0 fully saturated rings. The Kier molecular flexibility index (Phi) is 4.63. The van der Waals surface area contributed by atoms with Gasteiger partial charge in [-0.2, -0.15) is 0 Å². The van der Waals surface area contributed by atoms with Crippen molar-refractivity contribution in [2.45, 2.75) is 26.7 Å². The van der Waals surface area contributed by atoms with E-state index in [4.69, 9.17) is 9.47 Å². The summed E-state index contributed by atoms with van der Waals surface area (Å²) in [7, 11) is 1.57. The number of carbonyl (C=O) groups is 1. The van der Waals surface area contributed by atoms with Crippen molar-refractivity contribution in [1.82, 2.24) is 0 Å². The first kappa shape index (κ1) is 15.1. The van der Waals surface area contributed by atoms with Crippen molar-refractivity contribution < 1.29 is 14.3 Å². The molecule has 0 unspecified atom stereocenters. The molecule has 2 aromatic rings. The van der Waals surface area contributed by atoms with Gasteiger partial charge in [-0.1, -0.05) is 26.0 Å². The molecule has 0 bridgehead atoms. The molecule has 0 aliphatic heterocycles. The van der Waals surface area contributed by atoms with Gasteiger partial charge in [-0.05, 0) is 48.2 Å². The molecule has 0 atom stereocenters. The minimum absolute atomic E-state index is 0.362. The molecular weight excluding hydrogens is 264 g/mol. The number of carbonyl (C=O) groups excluding carboxylic acids is 1. The van der Waals surface area contributed by atoms with Crippen molar-refractivity contribution in [2.24, 2.45) is 0 Å². The van der Waals surface area contributed by atoms with E-state index in [9.17, 15) is 4.79 Å². The third-order valence-electron chi connectivity index (χ3n) is 3.33. The standard InChI is InChI=1S/C18H20O3/c1-12(2)15-7-5-13(3)9-17(15)21-16-8-6-14(11-19)10-18(16)20-4/h5-12H,1-4H3. The first-order valence-corrected chi connectivity index (χ1v) is 6.96. The van der Waals surface area contributed by atoms with Gasteiger partial charge in [-0.3, -0.25) is 4.79 Å². The van der Waals surface area contributed by atoms with Crippen molar-refractivity contribution in [3.8, 4) is 17.2 Å². The van der Waals surface area contributed by atoms with Crippen LogP contribution in [0.1, 0.15) is 41.3 Å². The molecule has 0 saturated carbocycles. The van der Waals surface area contributed by atoms with Crippen LogP contribution in [-0.2, 0) is 0 Å². The van der Waals surface area contributed by atoms with Gasteiger partial charge >= 0.3 is 0 Å². The summed E-state index contributed by atoms with van der Waals surface area (Å²) in [5, 5.41) is 0. The molecule has 2 aromatic carbocycles. The molecule has 110 valence electrons. The molecule has 0 spiro atoms. The zero-order chi connectivity index (χ0) is 15.4. The molecular formula is C18H20O3. The van der Waals surface area contributed by atoms with Crippen LogP contribution in [0, 0.1) is 6.92 Å². The van der Waals surface area contributed by atoms with E-state index in [1.165, 1.54) is 0 Å². The highest BCUT2D eigenvalue weighted by atomic mass is 16.5. The van der Waals surface area contributed by atoms with E-state index in [0.29, 0.717) is 23.0 Å². The monoisotopic (exact) mass is 284 g/mol. The van der Waals surface area contributed by atoms with Crippen molar-refractivity contribution in [3.63, 3.8) is 0 Å². The average molecular weight is 284 g/mol. The van der Waals surface area contributed by atoms with Gasteiger partial charge in [0.2, 0.25) is 0 Å². The second-order valence-corrected chi connectivity index (χ2v) is 5.33. The predicted octanol–water partition coefficient (Wildman–Crippen LogP) is 4.73. The molecule has 0 heterocycles. The fourth-order valence-electron chi connectivity index (χ4n) is 2.17. The smallest absolute Gasteiger partial charge is 0.169 e. The predicted molar refractivity (Wildman–Crippen MR) is 83.7 cm³/mol. The highest BCUT2D eigenvalue weighted by Gasteiger charge is 2.12. The summed E-state index contributed by atoms with van der Waals surface area (Å²) in [6.45, 7) is 6.29. The van der Waals surface area contributed by atoms with Crippen LogP contribution in [-0.4, -0.2) is 13.4 Å². The molecule has 0 aliphatic rings. The molecule has 0 amide bonds. The summed E-state index contributed by atoms with van der Waals surface area (Å²) in [4.78, 5) is 10.8. The molecule has 21 heavy (non-hydrogen) atoms. The van der Waals surface area contributed by atoms with Gasteiger partial charge in [-0.25, -0.2) is 0 Å². The van der Waals surface area contributed by atoms with Gasteiger partial charge in [0.1, 0.15) is 12.0 Å². The number of benzene rings is 2. The maximum absolute atomic E-state index is 10.8. The second-order valence-electron chi connectivity index (χ2n) is 5.33. The van der Waals surface area contributed by atoms with E-state index in [1.807, 2.05) is 13.0 Å². The maximum Gasteiger partial charge on any atom is 0.169 e. The molecule has 0 radical (unpaired) electrons. The van der Waals surface area contributed by atoms with Crippen molar-refractivity contribution in [3.05, 3.63) is 53.1 Å². The van der Waals surface area contributed by atoms with Gasteiger partial charge in [-0.15, -0.1) is 0 Å². The van der Waals surface area contributed by atoms with Crippen LogP contribution in [0.4, 0.5) is 0 Å². The number of ether oxygens (including phenoxy) is 2. The van der Waals surface area contributed by atoms with E-state index in [0.717, 1.165) is 23.2 Å². The molecule has 0 N–H and O–H groups in total. The highest BCUT2D eigenvalue weighted by molar-refractivity contribution is 5.76. The van der Waals surface area contributed by atoms with Crippen LogP contribution in [0.2, 0.25) is 0 Å². The Labute approximate surface area is 125 Å². The lowest BCUT2D eigenvalue weighted by Gasteiger charge is -2.16. The number of rotatable bonds is 5. The van der Waals surface area contributed by atoms with Gasteiger partial charge in [0.15, 0.2) is 11.5 Å². The fourth-order valence-corrected chi connectivity index (χ4v) is 2.17. The zero-order valence-corrected chi connectivity index (χ0v) is 12.8. The number of methoxy groups -OCH3 is 1. The maximum atomic E-state index is 10.8. The summed E-state index contributed by atoms with van der Waals surface area (Å²) in [6, 6.07) is 11.3. The van der Waals surface area contributed by atoms with E-state index in [-0.39, 0.29) is 0 Å². The van der Waals surface area contributed by atoms with Crippen LogP contribution >= 0.6 is 0 Å². The first-order chi connectivity index (χ1) is 10.0. The molecule has 0 aliphatic carbocycles. The normalized spacial score (nSPS) is 10.5. The van der Waals surface area contributed by atoms with Gasteiger partial charge in [0.25, 0.3) is 0 Å². The Morgan fingerprint density at radius 3 is 2.38 bits per heavy atom. The lowest BCUT2D eigenvalue weighted by atomic mass is 10.0. The van der Waals surface area contributed by atoms with Crippen LogP contribution in [0.3, 0.4) is 0 Å². The highest BCUT2D eigenvalue weighted by Crippen LogP contribution is 2.36. The van der Waals surface area contributed by atoms with Crippen molar-refractivity contribution >= 4 is 6.29 Å². The first-order valence-electron chi connectivity index (χ1n) is 6.96. The Balaban J connectivity index is 2.42. The van der Waals surface area contributed by atoms with E-state index >= 15 is 0 Å². The van der Waals surface area contributed by atoms with Gasteiger partial charge in [0.05, 0.1) is 7.11 Å². The summed E-state index contributed by atoms with van der Waals surface area (Å²) >= 11 is 0. The van der Waals surface area contributed by atoms with Crippen LogP contribution in [0.5, 0.6) is 17.2 Å². The third-order valence-corrected chi connectivity index (χ3v) is 3.33. The molecule has 0 saturated heterocycles. The Morgan fingerprint density at radius 2 is 1.76 bits per heavy atom. The second kappa shape index (κ2) is 6.44. The summed E-state index contributed by atoms with van der Waals surface area (Å²) in [6.07, 6.45) is 0.790. The molecule has 0 aromatic heterocycles. The average Bonchev–Trinajstić information content (AvgIpc) is 2.47. The van der Waals surface area contributed by atoms with E-state index in [1.54, 1.807) is 25.3 Å². The largest absolute Gasteiger partial charge is 0.493 e. The summed E-state index contributed by atoms with van der Waals surface area (Å²) < 4.78 is 11.3. The lowest BCUT2D eigenvalue weighted by molar-refractivity contribution is 0.112. The number of hydrogen-bond acceptors (Lipinski definition) is 3. The fraction of sp³-hybridized carbons (Fsp3) is 0.278. The van der Waals surface area contributed by atoms with E-state index in [2.05, 4.69) is 26.0 Å². The lowest BCUT2D eigenvalue weighted by Crippen LogP contribution is -1.97. The number of hydrogen-bond donors (Lipinski definition) is 0. The quantitative estimate of drug-likeness (QED) is 0.744. The summed E-state index contributed by atoms with van der Waals surface area (Å²) in [5.74, 6) is 2.34. The number of aldehydes is 1. The Bertz CT molecular complexity index is 645. The van der Waals surface area contributed by atoms with Crippen LogP contribution in [0.25, 0.3) is 0 Å². The topological polar surface area (TPSA) is 35.5 Å². The van der Waals surface area contributed by atoms with Crippen LogP contribution in [0.15, 0.2) is 36.4 Å². The van der Waals surface area contributed by atoms with Crippen molar-refractivity contribution in [2.75, 3.05) is 7.11 Å². The van der Waals surface area contributed by atoms with Gasteiger partial charge in [0, 0.05) is 5.56 Å². The minimum atomic E-state index is 0.362. The Hall–Kier alpha value is -2.29. The van der Waals surface area contributed by atoms with Gasteiger partial charge < -0.3 is 9.47 Å². The summed E-state index contributed by atoms with van der Waals surface area (Å²) in [5.41, 5.74) is 2.84. The van der Waals surface area contributed by atoms with Crippen molar-refractivity contribution in [1.29, 1.82) is 0 Å². The van der Waals surface area contributed by atoms with Crippen LogP contribution < -0.4 is 9.47 Å². The van der Waals surface area contributed by atoms with E-state index < -0.39 is 0 Å².